The summed E-state index contributed by atoms with van der Waals surface area (Å²) in [5.74, 6) is 0. The van der Waals surface area contributed by atoms with Gasteiger partial charge in [0.15, 0.2) is 0 Å². The number of halogens is 3. The van der Waals surface area contributed by atoms with E-state index in [9.17, 15) is 18.0 Å². The summed E-state index contributed by atoms with van der Waals surface area (Å²) < 4.78 is 40.8. The van der Waals surface area contributed by atoms with Crippen molar-refractivity contribution in [1.29, 1.82) is 0 Å². The number of hydrogen-bond acceptors (Lipinski definition) is 5. The number of anilines is 2. The lowest BCUT2D eigenvalue weighted by Gasteiger charge is -2.36. The van der Waals surface area contributed by atoms with Crippen LogP contribution in [-0.2, 0) is 19.1 Å². The first kappa shape index (κ1) is 26.5. The zero-order chi connectivity index (χ0) is 27.2. The van der Waals surface area contributed by atoms with Crippen molar-refractivity contribution in [3.63, 3.8) is 0 Å². The van der Waals surface area contributed by atoms with Crippen LogP contribution in [0.3, 0.4) is 0 Å². The number of rotatable bonds is 8. The molecule has 39 heavy (non-hydrogen) atoms. The van der Waals surface area contributed by atoms with Crippen LogP contribution >= 0.6 is 0 Å². The Balaban J connectivity index is 1.32. The summed E-state index contributed by atoms with van der Waals surface area (Å²) in [7, 11) is 0. The Labute approximate surface area is 225 Å². The van der Waals surface area contributed by atoms with E-state index in [-0.39, 0.29) is 5.56 Å². The third kappa shape index (κ3) is 6.49. The summed E-state index contributed by atoms with van der Waals surface area (Å²) in [5.41, 5.74) is 2.87. The lowest BCUT2D eigenvalue weighted by atomic mass is 10.1. The maximum atomic E-state index is 13.6. The lowest BCUT2D eigenvalue weighted by molar-refractivity contribution is -0.137. The zero-order valence-corrected chi connectivity index (χ0v) is 21.4. The zero-order valence-electron chi connectivity index (χ0n) is 21.4. The van der Waals surface area contributed by atoms with Crippen LogP contribution in [0.25, 0.3) is 5.69 Å². The van der Waals surface area contributed by atoms with E-state index in [1.165, 1.54) is 22.4 Å². The third-order valence-corrected chi connectivity index (χ3v) is 6.89. The van der Waals surface area contributed by atoms with Crippen molar-refractivity contribution >= 4 is 11.4 Å². The quantitative estimate of drug-likeness (QED) is 0.336. The van der Waals surface area contributed by atoms with E-state index >= 15 is 0 Å². The molecule has 2 heterocycles. The van der Waals surface area contributed by atoms with Gasteiger partial charge in [0.2, 0.25) is 0 Å². The first-order valence-electron chi connectivity index (χ1n) is 13.0. The first-order chi connectivity index (χ1) is 18.9. The van der Waals surface area contributed by atoms with E-state index in [2.05, 4.69) is 32.3 Å². The minimum absolute atomic E-state index is 0.224. The fourth-order valence-corrected chi connectivity index (χ4v) is 4.83. The van der Waals surface area contributed by atoms with Crippen LogP contribution in [0.15, 0.2) is 95.9 Å². The number of aromatic nitrogens is 2. The van der Waals surface area contributed by atoms with Crippen molar-refractivity contribution < 1.29 is 13.2 Å². The van der Waals surface area contributed by atoms with Gasteiger partial charge in [-0.2, -0.15) is 23.0 Å². The van der Waals surface area contributed by atoms with Gasteiger partial charge in [0.25, 0.3) is 5.56 Å². The molecule has 6 nitrogen and oxygen atoms in total. The number of hydrogen-bond donors (Lipinski definition) is 1. The highest BCUT2D eigenvalue weighted by Crippen LogP contribution is 2.30. The average molecular weight is 534 g/mol. The molecule has 1 saturated heterocycles. The molecule has 1 fully saturated rings. The van der Waals surface area contributed by atoms with E-state index < -0.39 is 11.7 Å². The molecule has 0 spiro atoms. The highest BCUT2D eigenvalue weighted by atomic mass is 19.4. The van der Waals surface area contributed by atoms with E-state index in [1.807, 2.05) is 48.5 Å². The first-order valence-corrected chi connectivity index (χ1v) is 13.0. The molecule has 4 aromatic rings. The molecule has 202 valence electrons. The summed E-state index contributed by atoms with van der Waals surface area (Å²) in [6.45, 7) is 3.59. The summed E-state index contributed by atoms with van der Waals surface area (Å²) in [6.07, 6.45) is -1.87. The molecule has 0 atom stereocenters. The van der Waals surface area contributed by atoms with Crippen LogP contribution in [0, 0.1) is 0 Å². The smallest absolute Gasteiger partial charge is 0.378 e. The number of nitrogens with one attached hydrogen (secondary N) is 1. The van der Waals surface area contributed by atoms with Crippen molar-refractivity contribution in [2.45, 2.75) is 19.1 Å². The van der Waals surface area contributed by atoms with Gasteiger partial charge in [-0.1, -0.05) is 66.7 Å². The summed E-state index contributed by atoms with van der Waals surface area (Å²) in [6, 6.07) is 24.9. The largest absolute Gasteiger partial charge is 0.416 e. The molecule has 0 unspecified atom stereocenters. The predicted octanol–water partition coefficient (Wildman–Crippen LogP) is 5.23. The second-order valence-corrected chi connectivity index (χ2v) is 9.58. The van der Waals surface area contributed by atoms with E-state index in [4.69, 9.17) is 0 Å². The average Bonchev–Trinajstić information content (AvgIpc) is 2.95. The van der Waals surface area contributed by atoms with Gasteiger partial charge in [-0.3, -0.25) is 9.69 Å². The summed E-state index contributed by atoms with van der Waals surface area (Å²) >= 11 is 0. The molecule has 0 bridgehead atoms. The van der Waals surface area contributed by atoms with Crippen molar-refractivity contribution in [2.75, 3.05) is 42.9 Å². The number of para-hydroxylation sites is 1. The van der Waals surface area contributed by atoms with Gasteiger partial charge in [0, 0.05) is 39.3 Å². The number of piperazine rings is 1. The third-order valence-electron chi connectivity index (χ3n) is 6.89. The normalized spacial score (nSPS) is 14.4. The maximum Gasteiger partial charge on any atom is 0.416 e. The summed E-state index contributed by atoms with van der Waals surface area (Å²) in [5, 5.41) is 7.85. The lowest BCUT2D eigenvalue weighted by Crippen LogP contribution is -2.46. The molecule has 9 heteroatoms. The molecule has 1 aromatic heterocycles. The van der Waals surface area contributed by atoms with Crippen LogP contribution in [0.2, 0.25) is 0 Å². The summed E-state index contributed by atoms with van der Waals surface area (Å²) in [4.78, 5) is 17.9. The monoisotopic (exact) mass is 533 g/mol. The number of benzene rings is 3. The van der Waals surface area contributed by atoms with Gasteiger partial charge in [0.05, 0.1) is 23.1 Å². The number of nitrogens with zero attached hydrogens (tertiary/aromatic N) is 4. The Morgan fingerprint density at radius 3 is 2.18 bits per heavy atom. The Bertz CT molecular complexity index is 1430. The van der Waals surface area contributed by atoms with Crippen molar-refractivity contribution in [3.05, 3.63) is 118 Å². The molecule has 0 saturated carbocycles. The van der Waals surface area contributed by atoms with Crippen LogP contribution in [0.1, 0.15) is 16.7 Å². The molecule has 0 aliphatic carbocycles. The molecule has 0 amide bonds. The Morgan fingerprint density at radius 2 is 1.49 bits per heavy atom. The minimum atomic E-state index is -4.36. The molecular weight excluding hydrogens is 503 g/mol. The van der Waals surface area contributed by atoms with Gasteiger partial charge >= 0.3 is 6.18 Å². The Kier molecular flexibility index (Phi) is 7.97. The van der Waals surface area contributed by atoms with E-state index in [0.717, 1.165) is 18.2 Å². The Morgan fingerprint density at radius 1 is 0.821 bits per heavy atom. The standard InChI is InChI=1S/C30H30F3N5O/c31-30(32,33)25-11-7-10-24(20-25)22-36-16-18-37(19-17-36)27-21-35-38(26-12-5-2-6-13-26)29(39)28(27)34-15-14-23-8-3-1-4-9-23/h1-13,20-21,34H,14-19,22H2. The molecule has 1 aliphatic rings. The van der Waals surface area contributed by atoms with Crippen LogP contribution in [0.5, 0.6) is 0 Å². The van der Waals surface area contributed by atoms with Crippen molar-refractivity contribution in [1.82, 2.24) is 14.7 Å². The molecule has 1 N–H and O–H groups in total. The highest BCUT2D eigenvalue weighted by Gasteiger charge is 2.30. The fraction of sp³-hybridized carbons (Fsp3) is 0.267. The number of alkyl halides is 3. The van der Waals surface area contributed by atoms with Gasteiger partial charge in [-0.15, -0.1) is 0 Å². The van der Waals surface area contributed by atoms with E-state index in [1.54, 1.807) is 12.3 Å². The minimum Gasteiger partial charge on any atom is -0.378 e. The Hall–Kier alpha value is -4.11. The van der Waals surface area contributed by atoms with Gasteiger partial charge in [-0.05, 0) is 35.7 Å². The van der Waals surface area contributed by atoms with Crippen LogP contribution < -0.4 is 15.8 Å². The van der Waals surface area contributed by atoms with Gasteiger partial charge in [0.1, 0.15) is 5.69 Å². The predicted molar refractivity (Wildman–Crippen MR) is 147 cm³/mol. The topological polar surface area (TPSA) is 53.4 Å². The molecule has 1 aliphatic heterocycles. The molecule has 0 radical (unpaired) electrons. The molecule has 5 rings (SSSR count). The van der Waals surface area contributed by atoms with E-state index in [0.29, 0.717) is 56.2 Å². The van der Waals surface area contributed by atoms with Crippen molar-refractivity contribution in [2.24, 2.45) is 0 Å². The molecule has 3 aromatic carbocycles. The SMILES string of the molecule is O=c1c(NCCc2ccccc2)c(N2CCN(Cc3cccc(C(F)(F)F)c3)CC2)cnn1-c1ccccc1. The second kappa shape index (κ2) is 11.7. The maximum absolute atomic E-state index is 13.6. The van der Waals surface area contributed by atoms with Gasteiger partial charge < -0.3 is 10.2 Å². The van der Waals surface area contributed by atoms with Crippen LogP contribution in [0.4, 0.5) is 24.5 Å². The highest BCUT2D eigenvalue weighted by molar-refractivity contribution is 5.68. The van der Waals surface area contributed by atoms with Crippen molar-refractivity contribution in [3.8, 4) is 5.69 Å². The van der Waals surface area contributed by atoms with Gasteiger partial charge in [-0.25, -0.2) is 0 Å². The molecular formula is C30H30F3N5O. The second-order valence-electron chi connectivity index (χ2n) is 9.58. The van der Waals surface area contributed by atoms with Crippen LogP contribution in [-0.4, -0.2) is 47.4 Å². The fourth-order valence-electron chi connectivity index (χ4n) is 4.83.